The highest BCUT2D eigenvalue weighted by atomic mass is 35.5. The number of hydrogen-bond donors (Lipinski definition) is 0. The zero-order valence-electron chi connectivity index (χ0n) is 7.92. The Bertz CT molecular complexity index is 527. The van der Waals surface area contributed by atoms with Gasteiger partial charge in [0.2, 0.25) is 0 Å². The van der Waals surface area contributed by atoms with Crippen molar-refractivity contribution in [3.63, 3.8) is 0 Å². The maximum atomic E-state index is 10.8. The summed E-state index contributed by atoms with van der Waals surface area (Å²) in [6, 6.07) is 10.3. The second-order valence-corrected chi connectivity index (χ2v) is 5.94. The first-order valence-corrected chi connectivity index (χ1v) is 6.34. The van der Waals surface area contributed by atoms with Crippen LogP contribution in [0, 0.1) is 10.1 Å². The predicted octanol–water partition coefficient (Wildman–Crippen LogP) is 4.46. The van der Waals surface area contributed by atoms with Gasteiger partial charge in [-0.2, -0.15) is 0 Å². The van der Waals surface area contributed by atoms with Crippen molar-refractivity contribution in [1.29, 1.82) is 0 Å². The van der Waals surface area contributed by atoms with Crippen molar-refractivity contribution in [2.75, 3.05) is 0 Å². The van der Waals surface area contributed by atoms with Crippen LogP contribution in [-0.2, 0) is 0 Å². The van der Waals surface area contributed by atoms with Gasteiger partial charge in [0.1, 0.15) is 0 Å². The molecular weight excluding hydrogens is 266 g/mol. The van der Waals surface area contributed by atoms with Crippen LogP contribution in [0.4, 0.5) is 5.69 Å². The number of nitro groups is 1. The number of thiophene rings is 1. The van der Waals surface area contributed by atoms with E-state index in [2.05, 4.69) is 0 Å². The van der Waals surface area contributed by atoms with Crippen LogP contribution in [-0.4, -0.2) is 4.92 Å². The Balaban J connectivity index is 2.31. The summed E-state index contributed by atoms with van der Waals surface area (Å²) in [4.78, 5) is 11.0. The highest BCUT2D eigenvalue weighted by molar-refractivity contribution is 8.01. The molecule has 0 fully saturated rings. The maximum absolute atomic E-state index is 10.8. The van der Waals surface area contributed by atoms with Crippen molar-refractivity contribution in [1.82, 2.24) is 0 Å². The van der Waals surface area contributed by atoms with E-state index >= 15 is 0 Å². The molecule has 0 aliphatic heterocycles. The Morgan fingerprint density at radius 1 is 1.25 bits per heavy atom. The molecule has 3 nitrogen and oxygen atoms in total. The summed E-state index contributed by atoms with van der Waals surface area (Å²) < 4.78 is 1.63. The van der Waals surface area contributed by atoms with Gasteiger partial charge < -0.3 is 0 Å². The van der Waals surface area contributed by atoms with Crippen molar-refractivity contribution >= 4 is 40.4 Å². The molecule has 0 spiro atoms. The molecule has 0 N–H and O–H groups in total. The number of nitro benzene ring substituents is 1. The summed E-state index contributed by atoms with van der Waals surface area (Å²) in [6.45, 7) is 0. The molecule has 0 aliphatic rings. The average molecular weight is 272 g/mol. The van der Waals surface area contributed by atoms with Gasteiger partial charge in [-0.15, -0.1) is 11.3 Å². The van der Waals surface area contributed by atoms with E-state index in [-0.39, 0.29) is 10.6 Å². The van der Waals surface area contributed by atoms with Gasteiger partial charge in [-0.1, -0.05) is 35.5 Å². The first kappa shape index (κ1) is 11.4. The quantitative estimate of drug-likeness (QED) is 0.611. The van der Waals surface area contributed by atoms with Gasteiger partial charge in [-0.25, -0.2) is 0 Å². The fourth-order valence-electron chi connectivity index (χ4n) is 1.16. The largest absolute Gasteiger partial charge is 0.283 e. The van der Waals surface area contributed by atoms with Gasteiger partial charge in [0.25, 0.3) is 5.69 Å². The molecule has 16 heavy (non-hydrogen) atoms. The monoisotopic (exact) mass is 271 g/mol. The minimum Gasteiger partial charge on any atom is -0.258 e. The van der Waals surface area contributed by atoms with Gasteiger partial charge in [0, 0.05) is 6.07 Å². The molecule has 1 heterocycles. The van der Waals surface area contributed by atoms with E-state index in [0.717, 1.165) is 4.21 Å². The van der Waals surface area contributed by atoms with E-state index in [9.17, 15) is 10.1 Å². The van der Waals surface area contributed by atoms with Crippen LogP contribution in [0.15, 0.2) is 45.5 Å². The molecule has 0 aliphatic carbocycles. The van der Waals surface area contributed by atoms with E-state index < -0.39 is 0 Å². The van der Waals surface area contributed by atoms with Gasteiger partial charge >= 0.3 is 0 Å². The number of nitrogens with zero attached hydrogens (tertiary/aromatic N) is 1. The molecule has 0 radical (unpaired) electrons. The molecule has 6 heteroatoms. The van der Waals surface area contributed by atoms with E-state index in [1.807, 2.05) is 6.07 Å². The van der Waals surface area contributed by atoms with E-state index in [1.54, 1.807) is 24.3 Å². The van der Waals surface area contributed by atoms with Crippen LogP contribution in [0.25, 0.3) is 0 Å². The van der Waals surface area contributed by atoms with Crippen LogP contribution >= 0.6 is 34.7 Å². The lowest BCUT2D eigenvalue weighted by Gasteiger charge is -1.99. The van der Waals surface area contributed by atoms with E-state index in [4.69, 9.17) is 11.6 Å². The Kier molecular flexibility index (Phi) is 3.48. The normalized spacial score (nSPS) is 10.3. The Morgan fingerprint density at radius 2 is 2.00 bits per heavy atom. The Hall–Kier alpha value is -1.04. The average Bonchev–Trinajstić information content (AvgIpc) is 2.64. The number of hydrogen-bond acceptors (Lipinski definition) is 4. The molecule has 0 amide bonds. The zero-order valence-corrected chi connectivity index (χ0v) is 10.3. The van der Waals surface area contributed by atoms with Crippen LogP contribution in [0.3, 0.4) is 0 Å². The number of rotatable bonds is 3. The molecule has 0 unspecified atom stereocenters. The van der Waals surface area contributed by atoms with E-state index in [1.165, 1.54) is 29.2 Å². The van der Waals surface area contributed by atoms with Crippen LogP contribution in [0.5, 0.6) is 0 Å². The first-order valence-electron chi connectivity index (χ1n) is 4.33. The topological polar surface area (TPSA) is 43.1 Å². The summed E-state index contributed by atoms with van der Waals surface area (Å²) in [7, 11) is 0. The molecule has 0 saturated carbocycles. The van der Waals surface area contributed by atoms with Crippen LogP contribution in [0.2, 0.25) is 4.34 Å². The molecular formula is C10H6ClNO2S2. The van der Waals surface area contributed by atoms with Crippen molar-refractivity contribution < 1.29 is 4.92 Å². The van der Waals surface area contributed by atoms with Crippen molar-refractivity contribution in [3.05, 3.63) is 50.8 Å². The second kappa shape index (κ2) is 4.86. The van der Waals surface area contributed by atoms with E-state index in [0.29, 0.717) is 9.23 Å². The fraction of sp³-hybridized carbons (Fsp3) is 0. The van der Waals surface area contributed by atoms with Gasteiger partial charge in [0.05, 0.1) is 18.4 Å². The smallest absolute Gasteiger partial charge is 0.258 e. The lowest BCUT2D eigenvalue weighted by Crippen LogP contribution is -1.89. The van der Waals surface area contributed by atoms with Crippen molar-refractivity contribution in [2.24, 2.45) is 0 Å². The highest BCUT2D eigenvalue weighted by Crippen LogP contribution is 2.39. The molecule has 0 saturated heterocycles. The third-order valence-electron chi connectivity index (χ3n) is 1.82. The third kappa shape index (κ3) is 2.55. The second-order valence-electron chi connectivity index (χ2n) is 2.89. The Morgan fingerprint density at radius 3 is 2.62 bits per heavy atom. The predicted molar refractivity (Wildman–Crippen MR) is 66.5 cm³/mol. The summed E-state index contributed by atoms with van der Waals surface area (Å²) in [5.74, 6) is 0. The lowest BCUT2D eigenvalue weighted by atomic mass is 10.3. The number of para-hydroxylation sites is 1. The molecule has 0 bridgehead atoms. The third-order valence-corrected chi connectivity index (χ3v) is 4.25. The fourth-order valence-corrected chi connectivity index (χ4v) is 3.52. The molecule has 1 aromatic heterocycles. The zero-order chi connectivity index (χ0) is 11.5. The van der Waals surface area contributed by atoms with Gasteiger partial charge in [-0.3, -0.25) is 10.1 Å². The minimum atomic E-state index is -0.377. The number of benzene rings is 1. The van der Waals surface area contributed by atoms with Gasteiger partial charge in [0.15, 0.2) is 0 Å². The first-order chi connectivity index (χ1) is 7.66. The van der Waals surface area contributed by atoms with Crippen molar-refractivity contribution in [2.45, 2.75) is 9.10 Å². The summed E-state index contributed by atoms with van der Waals surface area (Å²) in [5.41, 5.74) is 0.122. The highest BCUT2D eigenvalue weighted by Gasteiger charge is 2.14. The standard InChI is InChI=1S/C10H6ClNO2S2/c11-9-5-6-10(16-9)15-8-4-2-1-3-7(8)12(13)14/h1-6H. The van der Waals surface area contributed by atoms with Gasteiger partial charge in [-0.05, 0) is 18.2 Å². The molecule has 0 atom stereocenters. The van der Waals surface area contributed by atoms with Crippen LogP contribution in [0.1, 0.15) is 0 Å². The molecule has 82 valence electrons. The summed E-state index contributed by atoms with van der Waals surface area (Å²) >= 11 is 8.56. The number of halogens is 1. The maximum Gasteiger partial charge on any atom is 0.283 e. The molecule has 1 aromatic carbocycles. The Labute approximate surface area is 105 Å². The minimum absolute atomic E-state index is 0.122. The lowest BCUT2D eigenvalue weighted by molar-refractivity contribution is -0.387. The molecule has 2 rings (SSSR count). The van der Waals surface area contributed by atoms with Crippen LogP contribution < -0.4 is 0 Å². The summed E-state index contributed by atoms with van der Waals surface area (Å²) in [6.07, 6.45) is 0. The molecule has 2 aromatic rings. The SMILES string of the molecule is O=[N+]([O-])c1ccccc1Sc1ccc(Cl)s1. The summed E-state index contributed by atoms with van der Waals surface area (Å²) in [5, 5.41) is 10.8. The van der Waals surface area contributed by atoms with Crippen molar-refractivity contribution in [3.8, 4) is 0 Å².